The molecule has 0 radical (unpaired) electrons. The van der Waals surface area contributed by atoms with Gasteiger partial charge in [-0.15, -0.1) is 0 Å². The van der Waals surface area contributed by atoms with Gasteiger partial charge in [-0.05, 0) is 58.2 Å². The Balaban J connectivity index is 2.07. The lowest BCUT2D eigenvalue weighted by molar-refractivity contribution is -0.0882. The molecule has 6 nitrogen and oxygen atoms in total. The highest BCUT2D eigenvalue weighted by Gasteiger charge is 2.52. The van der Waals surface area contributed by atoms with Crippen molar-refractivity contribution in [2.75, 3.05) is 5.32 Å². The lowest BCUT2D eigenvalue weighted by Gasteiger charge is -2.32. The zero-order valence-electron chi connectivity index (χ0n) is 17.6. The number of allylic oxidation sites excluding steroid dienone is 3. The second-order valence-corrected chi connectivity index (χ2v) is 7.89. The molecule has 1 aromatic carbocycles. The summed E-state index contributed by atoms with van der Waals surface area (Å²) in [5.74, 6) is -0.678. The van der Waals surface area contributed by atoms with Crippen molar-refractivity contribution in [1.29, 1.82) is 0 Å². The summed E-state index contributed by atoms with van der Waals surface area (Å²) in [6.07, 6.45) is -2.71. The third-order valence-corrected chi connectivity index (χ3v) is 4.97. The van der Waals surface area contributed by atoms with Crippen LogP contribution in [0.4, 0.5) is 28.0 Å². The maximum atomic E-state index is 14.6. The van der Waals surface area contributed by atoms with Crippen molar-refractivity contribution in [2.45, 2.75) is 45.1 Å². The van der Waals surface area contributed by atoms with Crippen LogP contribution in [0.2, 0.25) is 0 Å². The van der Waals surface area contributed by atoms with Crippen LogP contribution in [-0.4, -0.2) is 30.5 Å². The Hall–Kier alpha value is -2.79. The molecular weight excluding hydrogens is 417 g/mol. The van der Waals surface area contributed by atoms with Crippen LogP contribution >= 0.6 is 0 Å². The number of carbonyl (C=O) groups is 1. The normalized spacial score (nSPS) is 18.3. The third-order valence-electron chi connectivity index (χ3n) is 4.97. The zero-order valence-corrected chi connectivity index (χ0v) is 17.6. The summed E-state index contributed by atoms with van der Waals surface area (Å²) >= 11 is 0. The molecule has 1 aromatic rings. The maximum Gasteiger partial charge on any atom is 0.497 e. The SMILES string of the molecule is C=C(/C=C(\C=C/N)C(F)(F)F)NC(=O)Nc1ccc(B2OC(C)(C)C(C)(C)O2)c(F)c1. The number of nitrogens with one attached hydrogen (secondary N) is 2. The molecule has 1 saturated heterocycles. The highest BCUT2D eigenvalue weighted by Crippen LogP contribution is 2.36. The predicted octanol–water partition coefficient (Wildman–Crippen LogP) is 3.72. The van der Waals surface area contributed by atoms with Crippen LogP contribution in [0.1, 0.15) is 27.7 Å². The van der Waals surface area contributed by atoms with Crippen molar-refractivity contribution < 1.29 is 31.7 Å². The van der Waals surface area contributed by atoms with Gasteiger partial charge in [-0.3, -0.25) is 0 Å². The standard InChI is InChI=1S/C20H24BF4N3O3/c1-12(10-13(8-9-26)20(23,24)25)27-17(29)28-14-6-7-15(16(22)11-14)21-30-18(2,3)19(4,5)31-21/h6-11H,1,26H2,2-5H3,(H2,27,28,29)/b9-8-,13-10+. The Morgan fingerprint density at radius 2 is 1.77 bits per heavy atom. The lowest BCUT2D eigenvalue weighted by Crippen LogP contribution is -2.41. The van der Waals surface area contributed by atoms with Gasteiger partial charge < -0.3 is 25.7 Å². The molecule has 0 spiro atoms. The van der Waals surface area contributed by atoms with E-state index in [9.17, 15) is 22.4 Å². The van der Waals surface area contributed by atoms with Crippen LogP contribution in [-0.2, 0) is 9.31 Å². The second kappa shape index (κ2) is 8.76. The predicted molar refractivity (Wildman–Crippen MR) is 111 cm³/mol. The van der Waals surface area contributed by atoms with Crippen LogP contribution in [0.5, 0.6) is 0 Å². The van der Waals surface area contributed by atoms with Gasteiger partial charge in [-0.2, -0.15) is 13.2 Å². The molecule has 1 aliphatic rings. The Kier molecular flexibility index (Phi) is 6.92. The van der Waals surface area contributed by atoms with Crippen LogP contribution in [0, 0.1) is 5.82 Å². The first-order chi connectivity index (χ1) is 14.2. The fourth-order valence-electron chi connectivity index (χ4n) is 2.63. The highest BCUT2D eigenvalue weighted by atomic mass is 19.4. The number of urea groups is 1. The van der Waals surface area contributed by atoms with E-state index in [1.54, 1.807) is 0 Å². The molecule has 0 unspecified atom stereocenters. The highest BCUT2D eigenvalue weighted by molar-refractivity contribution is 6.62. The van der Waals surface area contributed by atoms with E-state index in [4.69, 9.17) is 15.0 Å². The average molecular weight is 441 g/mol. The molecule has 31 heavy (non-hydrogen) atoms. The quantitative estimate of drug-likeness (QED) is 0.370. The minimum absolute atomic E-state index is 0.0740. The first-order valence-electron chi connectivity index (χ1n) is 9.25. The second-order valence-electron chi connectivity index (χ2n) is 7.89. The summed E-state index contributed by atoms with van der Waals surface area (Å²) in [6.45, 7) is 10.7. The molecule has 0 bridgehead atoms. The van der Waals surface area contributed by atoms with Gasteiger partial charge in [0.1, 0.15) is 5.82 Å². The third kappa shape index (κ3) is 5.89. The molecule has 1 aliphatic heterocycles. The van der Waals surface area contributed by atoms with E-state index in [0.29, 0.717) is 12.2 Å². The number of hydrogen-bond donors (Lipinski definition) is 3. The number of rotatable bonds is 5. The number of alkyl halides is 3. The Bertz CT molecular complexity index is 911. The van der Waals surface area contributed by atoms with E-state index >= 15 is 0 Å². The van der Waals surface area contributed by atoms with Gasteiger partial charge in [-0.1, -0.05) is 12.6 Å². The number of anilines is 1. The van der Waals surface area contributed by atoms with Gasteiger partial charge in [0.15, 0.2) is 0 Å². The van der Waals surface area contributed by atoms with Crippen LogP contribution < -0.4 is 21.8 Å². The molecule has 168 valence electrons. The van der Waals surface area contributed by atoms with Crippen molar-refractivity contribution in [3.63, 3.8) is 0 Å². The fourth-order valence-corrected chi connectivity index (χ4v) is 2.63. The minimum Gasteiger partial charge on any atom is -0.405 e. The molecule has 2 amide bonds. The number of nitrogens with two attached hydrogens (primary N) is 1. The molecule has 0 aliphatic carbocycles. The van der Waals surface area contributed by atoms with Gasteiger partial charge in [0.2, 0.25) is 0 Å². The molecule has 1 fully saturated rings. The maximum absolute atomic E-state index is 14.6. The van der Waals surface area contributed by atoms with Crippen LogP contribution in [0.3, 0.4) is 0 Å². The van der Waals surface area contributed by atoms with Crippen LogP contribution in [0.25, 0.3) is 0 Å². The van der Waals surface area contributed by atoms with E-state index in [1.165, 1.54) is 12.1 Å². The van der Waals surface area contributed by atoms with E-state index in [1.807, 2.05) is 27.7 Å². The number of halogens is 4. The smallest absolute Gasteiger partial charge is 0.405 e. The fraction of sp³-hybridized carbons (Fsp3) is 0.350. The summed E-state index contributed by atoms with van der Waals surface area (Å²) < 4.78 is 64.8. The first-order valence-corrected chi connectivity index (χ1v) is 9.25. The van der Waals surface area contributed by atoms with Crippen molar-refractivity contribution in [3.8, 4) is 0 Å². The monoisotopic (exact) mass is 441 g/mol. The molecule has 0 atom stereocenters. The summed E-state index contributed by atoms with van der Waals surface area (Å²) in [5.41, 5.74) is 2.50. The average Bonchev–Trinajstić information content (AvgIpc) is 2.80. The van der Waals surface area contributed by atoms with E-state index in [2.05, 4.69) is 17.2 Å². The van der Waals surface area contributed by atoms with Crippen molar-refractivity contribution in [1.82, 2.24) is 5.32 Å². The molecule has 2 rings (SSSR count). The largest absolute Gasteiger partial charge is 0.497 e. The van der Waals surface area contributed by atoms with Crippen molar-refractivity contribution >= 4 is 24.3 Å². The van der Waals surface area contributed by atoms with Gasteiger partial charge >= 0.3 is 19.3 Å². The number of benzene rings is 1. The molecule has 0 aromatic heterocycles. The molecule has 1 heterocycles. The van der Waals surface area contributed by atoms with Crippen molar-refractivity contribution in [3.05, 3.63) is 60.2 Å². The number of amides is 2. The summed E-state index contributed by atoms with van der Waals surface area (Å²) in [7, 11) is -0.922. The van der Waals surface area contributed by atoms with E-state index < -0.39 is 41.9 Å². The van der Waals surface area contributed by atoms with E-state index in [-0.39, 0.29) is 16.8 Å². The topological polar surface area (TPSA) is 85.6 Å². The molecule has 0 saturated carbocycles. The zero-order chi connectivity index (χ0) is 23.6. The Morgan fingerprint density at radius 1 is 1.19 bits per heavy atom. The summed E-state index contributed by atoms with van der Waals surface area (Å²) in [6, 6.07) is 2.97. The Morgan fingerprint density at radius 3 is 2.26 bits per heavy atom. The van der Waals surface area contributed by atoms with Gasteiger partial charge in [-0.25, -0.2) is 9.18 Å². The Labute approximate surface area is 178 Å². The molecular formula is C20H24BF4N3O3. The van der Waals surface area contributed by atoms with Crippen molar-refractivity contribution in [2.24, 2.45) is 5.73 Å². The van der Waals surface area contributed by atoms with Gasteiger partial charge in [0.05, 0.1) is 16.8 Å². The lowest BCUT2D eigenvalue weighted by atomic mass is 9.78. The van der Waals surface area contributed by atoms with E-state index in [0.717, 1.165) is 12.3 Å². The van der Waals surface area contributed by atoms with Crippen LogP contribution in [0.15, 0.2) is 54.4 Å². The first kappa shape index (κ1) is 24.5. The number of hydrogen-bond acceptors (Lipinski definition) is 4. The minimum atomic E-state index is -4.68. The van der Waals surface area contributed by atoms with Gasteiger partial charge in [0, 0.05) is 16.8 Å². The summed E-state index contributed by atoms with van der Waals surface area (Å²) in [4.78, 5) is 12.0. The molecule has 4 N–H and O–H groups in total. The molecule has 11 heteroatoms. The summed E-state index contributed by atoms with van der Waals surface area (Å²) in [5, 5.41) is 4.45. The number of carbonyl (C=O) groups excluding carboxylic acids is 1. The van der Waals surface area contributed by atoms with Gasteiger partial charge in [0.25, 0.3) is 0 Å².